The smallest absolute Gasteiger partial charge is 0.337 e. The van der Waals surface area contributed by atoms with Gasteiger partial charge in [0.2, 0.25) is 0 Å². The predicted molar refractivity (Wildman–Crippen MR) is 189 cm³/mol. The molecule has 5 heterocycles. The fraction of sp³-hybridized carbons (Fsp3) is 0.487. The van der Waals surface area contributed by atoms with E-state index in [1.165, 1.54) is 0 Å². The van der Waals surface area contributed by atoms with Gasteiger partial charge in [-0.3, -0.25) is 0 Å². The minimum atomic E-state index is -1.21. The van der Waals surface area contributed by atoms with Gasteiger partial charge in [-0.05, 0) is 95.9 Å². The number of hydrogen-bond donors (Lipinski definition) is 1. The van der Waals surface area contributed by atoms with Crippen LogP contribution in [0.2, 0.25) is 0 Å². The van der Waals surface area contributed by atoms with Crippen LogP contribution in [0, 0.1) is 18.9 Å². The molecule has 0 spiro atoms. The number of anilines is 1. The van der Waals surface area contributed by atoms with Crippen LogP contribution in [0.3, 0.4) is 0 Å². The SMILES string of the molecule is [C-]#[N+]c1ccc2c(c1)-c1cccc(c1)-c1cc3nc(C)c([C@H](OC(C)(C)C)C(=O)O)c(n3n1)N1CCC(C)(CCCCC[C@H](C)O2)CC1. The van der Waals surface area contributed by atoms with Gasteiger partial charge in [0.25, 0.3) is 0 Å². The Morgan fingerprint density at radius 3 is 2.54 bits per heavy atom. The summed E-state index contributed by atoms with van der Waals surface area (Å²) in [5.41, 5.74) is 5.30. The first kappa shape index (κ1) is 33.5. The van der Waals surface area contributed by atoms with Crippen molar-refractivity contribution in [1.29, 1.82) is 0 Å². The Labute approximate surface area is 283 Å². The number of piperidine rings is 1. The fourth-order valence-corrected chi connectivity index (χ4v) is 7.16. The molecule has 1 N–H and O–H groups in total. The van der Waals surface area contributed by atoms with Crippen molar-refractivity contribution in [2.24, 2.45) is 5.41 Å². The molecule has 2 aromatic carbocycles. The van der Waals surface area contributed by atoms with Gasteiger partial charge in [-0.25, -0.2) is 14.6 Å². The summed E-state index contributed by atoms with van der Waals surface area (Å²) in [7, 11) is 0. The van der Waals surface area contributed by atoms with Crippen molar-refractivity contribution >= 4 is 23.1 Å². The number of rotatable bonds is 3. The van der Waals surface area contributed by atoms with Crippen molar-refractivity contribution in [3.8, 4) is 28.1 Å². The van der Waals surface area contributed by atoms with Crippen molar-refractivity contribution in [1.82, 2.24) is 14.6 Å². The highest BCUT2D eigenvalue weighted by Crippen LogP contribution is 2.42. The van der Waals surface area contributed by atoms with E-state index in [4.69, 9.17) is 26.1 Å². The first-order valence-electron chi connectivity index (χ1n) is 17.2. The Hall–Kier alpha value is -4.42. The Morgan fingerprint density at radius 1 is 1.08 bits per heavy atom. The van der Waals surface area contributed by atoms with Gasteiger partial charge in [0, 0.05) is 36.0 Å². The summed E-state index contributed by atoms with van der Waals surface area (Å²) in [5.74, 6) is 0.451. The van der Waals surface area contributed by atoms with E-state index in [0.717, 1.165) is 92.0 Å². The van der Waals surface area contributed by atoms with Gasteiger partial charge in [-0.2, -0.15) is 9.61 Å². The minimum absolute atomic E-state index is 0.0485. The topological polar surface area (TPSA) is 93.5 Å². The van der Waals surface area contributed by atoms with Crippen LogP contribution in [-0.4, -0.2) is 50.5 Å². The molecule has 0 amide bonds. The number of fused-ring (bicyclic) bond motifs is 8. The lowest BCUT2D eigenvalue weighted by Gasteiger charge is -2.41. The van der Waals surface area contributed by atoms with Gasteiger partial charge in [-0.1, -0.05) is 44.0 Å². The van der Waals surface area contributed by atoms with Gasteiger partial charge in [0.1, 0.15) is 11.6 Å². The van der Waals surface area contributed by atoms with Crippen molar-refractivity contribution in [2.75, 3.05) is 18.0 Å². The number of aliphatic carboxylic acids is 1. The summed E-state index contributed by atoms with van der Waals surface area (Å²) in [4.78, 5) is 23.7. The lowest BCUT2D eigenvalue weighted by atomic mass is 9.76. The normalized spacial score (nSPS) is 20.9. The van der Waals surface area contributed by atoms with Crippen LogP contribution >= 0.6 is 0 Å². The Balaban J connectivity index is 1.54. The molecule has 1 saturated heterocycles. The number of aromatic nitrogens is 3. The molecule has 0 aliphatic carbocycles. The van der Waals surface area contributed by atoms with E-state index in [1.54, 1.807) is 0 Å². The van der Waals surface area contributed by atoms with E-state index in [9.17, 15) is 9.90 Å². The standard InChI is InChI=1S/C39H47N5O4/c1-25-12-9-8-10-17-39(6)18-20-43(21-19-39)36-34(35(37(45)46)48-38(3,4)5)26(2)41-33-24-31(42-44(33)36)28-14-11-13-27(22-28)30-23-29(40-7)15-16-32(30)47-25/h11,13-16,22-25,35H,8-10,12,17-21H2,1-6H3,(H,45,46)/t25-,35-/m0/s1. The monoisotopic (exact) mass is 649 g/mol. The molecule has 2 atom stereocenters. The largest absolute Gasteiger partial charge is 0.490 e. The summed E-state index contributed by atoms with van der Waals surface area (Å²) in [5, 5.41) is 15.6. The van der Waals surface area contributed by atoms with Gasteiger partial charge < -0.3 is 19.5 Å². The second-order valence-electron chi connectivity index (χ2n) is 14.9. The van der Waals surface area contributed by atoms with Crippen LogP contribution in [0.25, 0.3) is 32.9 Å². The van der Waals surface area contributed by atoms with Crippen LogP contribution < -0.4 is 9.64 Å². The van der Waals surface area contributed by atoms with Crippen molar-refractivity contribution in [2.45, 2.75) is 104 Å². The predicted octanol–water partition coefficient (Wildman–Crippen LogP) is 9.20. The molecule has 48 heavy (non-hydrogen) atoms. The van der Waals surface area contributed by atoms with Crippen molar-refractivity contribution in [3.63, 3.8) is 0 Å². The van der Waals surface area contributed by atoms with Gasteiger partial charge in [0.05, 0.1) is 29.5 Å². The molecule has 0 unspecified atom stereocenters. The van der Waals surface area contributed by atoms with E-state index in [-0.39, 0.29) is 11.5 Å². The first-order chi connectivity index (χ1) is 22.8. The van der Waals surface area contributed by atoms with Crippen LogP contribution in [0.15, 0.2) is 48.5 Å². The molecule has 252 valence electrons. The molecule has 6 bridgehead atoms. The summed E-state index contributed by atoms with van der Waals surface area (Å²) in [6.45, 7) is 21.2. The highest BCUT2D eigenvalue weighted by Gasteiger charge is 2.37. The molecular formula is C39H47N5O4. The number of carboxylic acid groups (broad SMARTS) is 1. The number of ether oxygens (including phenoxy) is 2. The van der Waals surface area contributed by atoms with Gasteiger partial charge >= 0.3 is 5.97 Å². The summed E-state index contributed by atoms with van der Waals surface area (Å²) in [6, 6.07) is 15.7. The quantitative estimate of drug-likeness (QED) is 0.221. The van der Waals surface area contributed by atoms with E-state index < -0.39 is 17.7 Å². The molecule has 3 aliphatic rings. The summed E-state index contributed by atoms with van der Waals surface area (Å²) in [6.07, 6.45) is 6.37. The van der Waals surface area contributed by atoms with E-state index in [0.29, 0.717) is 22.6 Å². The van der Waals surface area contributed by atoms with Crippen molar-refractivity contribution in [3.05, 3.63) is 71.2 Å². The molecule has 4 aromatic rings. The molecular weight excluding hydrogens is 602 g/mol. The third-order valence-electron chi connectivity index (χ3n) is 9.81. The highest BCUT2D eigenvalue weighted by atomic mass is 16.5. The highest BCUT2D eigenvalue weighted by molar-refractivity contribution is 5.81. The lowest BCUT2D eigenvalue weighted by molar-refractivity contribution is -0.160. The Morgan fingerprint density at radius 2 is 1.83 bits per heavy atom. The van der Waals surface area contributed by atoms with Crippen molar-refractivity contribution < 1.29 is 19.4 Å². The maximum Gasteiger partial charge on any atom is 0.337 e. The molecule has 1 fully saturated rings. The second kappa shape index (κ2) is 13.2. The van der Waals surface area contributed by atoms with E-state index in [2.05, 4.69) is 29.7 Å². The number of carbonyl (C=O) groups is 1. The van der Waals surface area contributed by atoms with E-state index in [1.807, 2.05) is 74.7 Å². The first-order valence-corrected chi connectivity index (χ1v) is 17.2. The third kappa shape index (κ3) is 7.05. The summed E-state index contributed by atoms with van der Waals surface area (Å²) >= 11 is 0. The molecule has 3 aliphatic heterocycles. The van der Waals surface area contributed by atoms with Crippen LogP contribution in [0.1, 0.15) is 96.9 Å². The third-order valence-corrected chi connectivity index (χ3v) is 9.81. The van der Waals surface area contributed by atoms with Crippen LogP contribution in [0.5, 0.6) is 5.75 Å². The van der Waals surface area contributed by atoms with Gasteiger partial charge in [0.15, 0.2) is 17.4 Å². The van der Waals surface area contributed by atoms with Crippen LogP contribution in [-0.2, 0) is 9.53 Å². The molecule has 0 radical (unpaired) electrons. The van der Waals surface area contributed by atoms with Gasteiger partial charge in [-0.15, -0.1) is 0 Å². The minimum Gasteiger partial charge on any atom is -0.490 e. The van der Waals surface area contributed by atoms with Crippen LogP contribution in [0.4, 0.5) is 11.5 Å². The number of nitrogens with zero attached hydrogens (tertiary/aromatic N) is 5. The Bertz CT molecular complexity index is 1860. The maximum atomic E-state index is 12.8. The van der Waals surface area contributed by atoms with E-state index >= 15 is 0 Å². The summed E-state index contributed by atoms with van der Waals surface area (Å²) < 4.78 is 14.6. The zero-order chi connectivity index (χ0) is 34.2. The molecule has 9 heteroatoms. The number of carboxylic acids is 1. The molecule has 0 saturated carbocycles. The molecule has 9 nitrogen and oxygen atoms in total. The lowest BCUT2D eigenvalue weighted by Crippen LogP contribution is -2.41. The molecule has 2 aromatic heterocycles. The zero-order valence-electron chi connectivity index (χ0n) is 29.0. The Kier molecular flexibility index (Phi) is 9.23. The molecule has 7 rings (SSSR count). The number of hydrogen-bond acceptors (Lipinski definition) is 6. The average Bonchev–Trinajstić information content (AvgIpc) is 3.46. The fourth-order valence-electron chi connectivity index (χ4n) is 7.16. The number of benzene rings is 2. The zero-order valence-corrected chi connectivity index (χ0v) is 29.0. The maximum absolute atomic E-state index is 12.8. The second-order valence-corrected chi connectivity index (χ2v) is 14.9. The number of aryl methyl sites for hydroxylation is 1. The average molecular weight is 650 g/mol.